The van der Waals surface area contributed by atoms with E-state index in [9.17, 15) is 19.2 Å². The van der Waals surface area contributed by atoms with E-state index in [4.69, 9.17) is 21.2 Å². The van der Waals surface area contributed by atoms with Crippen molar-refractivity contribution >= 4 is 35.4 Å². The number of urea groups is 1. The van der Waals surface area contributed by atoms with E-state index >= 15 is 0 Å². The van der Waals surface area contributed by atoms with Crippen molar-refractivity contribution in [3.8, 4) is 5.75 Å². The summed E-state index contributed by atoms with van der Waals surface area (Å²) in [4.78, 5) is 60.5. The van der Waals surface area contributed by atoms with Gasteiger partial charge >= 0.3 is 12.1 Å². The van der Waals surface area contributed by atoms with Gasteiger partial charge in [-0.25, -0.2) is 9.59 Å². The number of methoxy groups -OCH3 is 1. The zero-order valence-corrected chi connectivity index (χ0v) is 22.4. The van der Waals surface area contributed by atoms with Gasteiger partial charge in [-0.05, 0) is 73.6 Å². The van der Waals surface area contributed by atoms with Gasteiger partial charge in [-0.15, -0.1) is 0 Å². The molecule has 0 bridgehead atoms. The van der Waals surface area contributed by atoms with Crippen LogP contribution >= 0.6 is 11.6 Å². The molecule has 5 rings (SSSR count). The molecule has 39 heavy (non-hydrogen) atoms. The van der Waals surface area contributed by atoms with Gasteiger partial charge in [-0.2, -0.15) is 0 Å². The lowest BCUT2D eigenvalue weighted by atomic mass is 9.91. The fraction of sp³-hybridized carbons (Fsp3) is 0.429. The first-order chi connectivity index (χ1) is 18.9. The van der Waals surface area contributed by atoms with Gasteiger partial charge in [-0.1, -0.05) is 28.8 Å². The molecule has 3 aliphatic rings. The largest absolute Gasteiger partial charge is 0.497 e. The summed E-state index contributed by atoms with van der Waals surface area (Å²) in [7, 11) is 1.53. The number of nitrogens with zero attached hydrogens (tertiary/aromatic N) is 3. The number of halogens is 1. The third kappa shape index (κ3) is 5.72. The molecule has 2 unspecified atom stereocenters. The number of aryl methyl sites for hydroxylation is 1. The molecule has 1 N–H and O–H groups in total. The number of Topliss-reactive ketones (excluding diaryl/α,β-unsaturated/α-hetero) is 1. The van der Waals surface area contributed by atoms with Crippen molar-refractivity contribution in [2.24, 2.45) is 5.92 Å². The van der Waals surface area contributed by atoms with Crippen molar-refractivity contribution < 1.29 is 28.8 Å². The number of carbonyl (C=O) groups excluding carboxylic acids is 4. The minimum atomic E-state index is -0.926. The fourth-order valence-electron chi connectivity index (χ4n) is 5.39. The van der Waals surface area contributed by atoms with Crippen molar-refractivity contribution in [3.05, 3.63) is 64.7 Å². The van der Waals surface area contributed by atoms with Gasteiger partial charge in [0.05, 0.1) is 7.11 Å². The highest BCUT2D eigenvalue weighted by Gasteiger charge is 2.54. The van der Waals surface area contributed by atoms with Gasteiger partial charge in [0, 0.05) is 36.8 Å². The number of likely N-dealkylation sites (tertiary alicyclic amines) is 1. The topological polar surface area (TPSA) is 108 Å². The first-order valence-corrected chi connectivity index (χ1v) is 13.5. The van der Waals surface area contributed by atoms with E-state index in [1.54, 1.807) is 24.3 Å². The molecule has 3 saturated heterocycles. The van der Waals surface area contributed by atoms with Crippen LogP contribution in [0.15, 0.2) is 48.5 Å². The molecule has 3 fully saturated rings. The van der Waals surface area contributed by atoms with Crippen LogP contribution in [0, 0.1) is 5.92 Å². The maximum atomic E-state index is 13.2. The highest BCUT2D eigenvalue weighted by Crippen LogP contribution is 2.28. The highest BCUT2D eigenvalue weighted by molar-refractivity contribution is 6.30. The van der Waals surface area contributed by atoms with Crippen LogP contribution in [0.4, 0.5) is 9.59 Å². The summed E-state index contributed by atoms with van der Waals surface area (Å²) in [6.07, 6.45) is 2.81. The molecular formula is C28H31ClN4O6. The number of ketones is 1. The summed E-state index contributed by atoms with van der Waals surface area (Å²) in [5, 5.41) is 4.28. The molecule has 2 atom stereocenters. The molecule has 0 spiro atoms. The number of hydroxylamine groups is 2. The Morgan fingerprint density at radius 1 is 1.00 bits per heavy atom. The van der Waals surface area contributed by atoms with Gasteiger partial charge in [0.1, 0.15) is 17.8 Å². The van der Waals surface area contributed by atoms with Crippen LogP contribution in [0.3, 0.4) is 0 Å². The van der Waals surface area contributed by atoms with Gasteiger partial charge < -0.3 is 19.8 Å². The maximum Gasteiger partial charge on any atom is 0.434 e. The number of nitrogens with one attached hydrogen (secondary N) is 1. The number of hydrogen-bond donors (Lipinski definition) is 1. The van der Waals surface area contributed by atoms with Crippen LogP contribution in [0.5, 0.6) is 5.75 Å². The number of carbonyl (C=O) groups is 4. The normalized spacial score (nSPS) is 21.6. The fourth-order valence-corrected chi connectivity index (χ4v) is 5.52. The number of piperidine rings is 1. The Balaban J connectivity index is 1.17. The standard InChI is InChI=1S/C28H31ClN4O6/c1-38-22-10-6-20(7-11-22)25(34)23-16-30-17-24-26(35)33(27(36)32(23)24)39-28(37)31-14-12-19(13-15-31)3-2-18-4-8-21(29)9-5-18/h4-11,19,23-24,30H,2-3,12-17H2,1H3. The molecule has 3 aliphatic heterocycles. The molecule has 0 saturated carbocycles. The number of imide groups is 1. The Hall–Kier alpha value is -3.63. The molecule has 206 valence electrons. The molecule has 0 aromatic heterocycles. The van der Waals surface area contributed by atoms with E-state index in [0.717, 1.165) is 25.7 Å². The molecule has 0 aliphatic carbocycles. The van der Waals surface area contributed by atoms with Gasteiger partial charge in [0.2, 0.25) is 0 Å². The maximum absolute atomic E-state index is 13.2. The predicted molar refractivity (Wildman–Crippen MR) is 142 cm³/mol. The third-order valence-corrected chi connectivity index (χ3v) is 7.95. The van der Waals surface area contributed by atoms with Gasteiger partial charge in [0.15, 0.2) is 5.78 Å². The Labute approximate surface area is 231 Å². The lowest BCUT2D eigenvalue weighted by Gasteiger charge is -2.34. The van der Waals surface area contributed by atoms with Crippen molar-refractivity contribution in [2.45, 2.75) is 37.8 Å². The number of fused-ring (bicyclic) bond motifs is 1. The molecule has 10 nitrogen and oxygen atoms in total. The van der Waals surface area contributed by atoms with Gasteiger partial charge in [0.25, 0.3) is 5.91 Å². The van der Waals surface area contributed by atoms with E-state index in [1.807, 2.05) is 24.3 Å². The molecule has 3 heterocycles. The van der Waals surface area contributed by atoms with Crippen molar-refractivity contribution in [1.29, 1.82) is 0 Å². The van der Waals surface area contributed by atoms with Crippen molar-refractivity contribution in [1.82, 2.24) is 20.2 Å². The number of amides is 4. The Kier molecular flexibility index (Phi) is 8.04. The molecule has 2 aromatic rings. The molecular weight excluding hydrogens is 524 g/mol. The van der Waals surface area contributed by atoms with E-state index in [-0.39, 0.29) is 18.9 Å². The minimum Gasteiger partial charge on any atom is -0.497 e. The lowest BCUT2D eigenvalue weighted by molar-refractivity contribution is -0.152. The Bertz CT molecular complexity index is 1230. The second kappa shape index (κ2) is 11.6. The van der Waals surface area contributed by atoms with E-state index in [0.29, 0.717) is 40.4 Å². The summed E-state index contributed by atoms with van der Waals surface area (Å²) in [5.41, 5.74) is 1.61. The van der Waals surface area contributed by atoms with E-state index in [1.165, 1.54) is 22.5 Å². The Morgan fingerprint density at radius 2 is 1.69 bits per heavy atom. The number of hydrogen-bond acceptors (Lipinski definition) is 7. The van der Waals surface area contributed by atoms with Crippen LogP contribution < -0.4 is 10.1 Å². The highest BCUT2D eigenvalue weighted by atomic mass is 35.5. The van der Waals surface area contributed by atoms with Crippen LogP contribution in [0.25, 0.3) is 0 Å². The lowest BCUT2D eigenvalue weighted by Crippen LogP contribution is -2.60. The number of ether oxygens (including phenoxy) is 1. The minimum absolute atomic E-state index is 0.171. The molecule has 0 radical (unpaired) electrons. The van der Waals surface area contributed by atoms with E-state index < -0.39 is 30.1 Å². The number of rotatable bonds is 7. The second-order valence-corrected chi connectivity index (χ2v) is 10.5. The van der Waals surface area contributed by atoms with E-state index in [2.05, 4.69) is 5.32 Å². The zero-order valence-electron chi connectivity index (χ0n) is 21.7. The monoisotopic (exact) mass is 554 g/mol. The summed E-state index contributed by atoms with van der Waals surface area (Å²) in [6, 6.07) is 11.7. The SMILES string of the molecule is COc1ccc(C(=O)C2CNCC3C(=O)N(OC(=O)N4CCC(CCc5ccc(Cl)cc5)CC4)C(=O)N23)cc1. The second-order valence-electron chi connectivity index (χ2n) is 10.1. The third-order valence-electron chi connectivity index (χ3n) is 7.70. The quantitative estimate of drug-likeness (QED) is 0.412. The summed E-state index contributed by atoms with van der Waals surface area (Å²) >= 11 is 5.96. The average molecular weight is 555 g/mol. The average Bonchev–Trinajstić information content (AvgIpc) is 3.21. The van der Waals surface area contributed by atoms with Crippen LogP contribution in [-0.4, -0.2) is 84.1 Å². The van der Waals surface area contributed by atoms with Crippen molar-refractivity contribution in [2.75, 3.05) is 33.3 Å². The van der Waals surface area contributed by atoms with Crippen LogP contribution in [-0.2, 0) is 16.1 Å². The van der Waals surface area contributed by atoms with Crippen molar-refractivity contribution in [3.63, 3.8) is 0 Å². The van der Waals surface area contributed by atoms with Crippen LogP contribution in [0.1, 0.15) is 35.2 Å². The first kappa shape index (κ1) is 27.0. The van der Waals surface area contributed by atoms with Gasteiger partial charge in [-0.3, -0.25) is 14.5 Å². The van der Waals surface area contributed by atoms with Crippen LogP contribution in [0.2, 0.25) is 5.02 Å². The smallest absolute Gasteiger partial charge is 0.434 e. The number of piperazine rings is 1. The number of benzene rings is 2. The molecule has 2 aromatic carbocycles. The molecule has 4 amide bonds. The summed E-state index contributed by atoms with van der Waals surface area (Å²) in [6.45, 7) is 1.32. The predicted octanol–water partition coefficient (Wildman–Crippen LogP) is 3.53. The molecule has 11 heteroatoms. The first-order valence-electron chi connectivity index (χ1n) is 13.1. The summed E-state index contributed by atoms with van der Waals surface area (Å²) < 4.78 is 5.14. The summed E-state index contributed by atoms with van der Waals surface area (Å²) in [5.74, 6) is 0.0858. The Morgan fingerprint density at radius 3 is 2.36 bits per heavy atom. The zero-order chi connectivity index (χ0) is 27.5.